The molecule has 6 heteroatoms. The van der Waals surface area contributed by atoms with Crippen molar-refractivity contribution in [1.29, 1.82) is 0 Å². The van der Waals surface area contributed by atoms with Crippen LogP contribution in [0.4, 0.5) is 0 Å². The topological polar surface area (TPSA) is 35.5 Å². The Hall–Kier alpha value is -1.30. The molecule has 0 saturated heterocycles. The molecule has 0 radical (unpaired) electrons. The van der Waals surface area contributed by atoms with E-state index in [9.17, 15) is 4.79 Å². The second-order valence-electron chi connectivity index (χ2n) is 6.77. The summed E-state index contributed by atoms with van der Waals surface area (Å²) in [4.78, 5) is 12.1. The van der Waals surface area contributed by atoms with E-state index in [1.54, 1.807) is 45.9 Å². The molecule has 0 aromatic heterocycles. The number of carbonyl (C=O) groups excluding carboxylic acids is 1. The molecule has 0 amide bonds. The number of esters is 1. The van der Waals surface area contributed by atoms with Gasteiger partial charge in [-0.3, -0.25) is 0 Å². The first-order valence-corrected chi connectivity index (χ1v) is 10.5. The zero-order chi connectivity index (χ0) is 21.5. The SMILES string of the molecule is CC.CC(C)OC(=O)C(C)(C)Oc1ccc(C(S)(S)c2cccc(Cl)c2)cc1. The fourth-order valence-electron chi connectivity index (χ4n) is 2.32. The summed E-state index contributed by atoms with van der Waals surface area (Å²) in [6.07, 6.45) is -0.195. The Labute approximate surface area is 184 Å². The quantitative estimate of drug-likeness (QED) is 0.304. The van der Waals surface area contributed by atoms with Gasteiger partial charge in [0.05, 0.1) is 6.10 Å². The van der Waals surface area contributed by atoms with Crippen molar-refractivity contribution in [3.05, 3.63) is 64.7 Å². The molecule has 2 aromatic rings. The maximum atomic E-state index is 12.1. The van der Waals surface area contributed by atoms with Gasteiger partial charge in [0.25, 0.3) is 0 Å². The van der Waals surface area contributed by atoms with E-state index in [1.165, 1.54) is 0 Å². The van der Waals surface area contributed by atoms with Crippen LogP contribution in [0.5, 0.6) is 5.75 Å². The monoisotopic (exact) mass is 440 g/mol. The fraction of sp³-hybridized carbons (Fsp3) is 0.409. The summed E-state index contributed by atoms with van der Waals surface area (Å²) < 4.78 is 10.2. The van der Waals surface area contributed by atoms with E-state index in [0.717, 1.165) is 11.1 Å². The molecule has 0 atom stereocenters. The lowest BCUT2D eigenvalue weighted by molar-refractivity contribution is -0.163. The van der Waals surface area contributed by atoms with E-state index in [1.807, 2.05) is 44.2 Å². The molecule has 0 fully saturated rings. The average molecular weight is 441 g/mol. The number of hydrogen-bond donors (Lipinski definition) is 2. The Morgan fingerprint density at radius 1 is 1.00 bits per heavy atom. The summed E-state index contributed by atoms with van der Waals surface area (Å²) >= 11 is 15.5. The zero-order valence-corrected chi connectivity index (χ0v) is 19.7. The lowest BCUT2D eigenvalue weighted by Crippen LogP contribution is -2.40. The lowest BCUT2D eigenvalue weighted by Gasteiger charge is -2.27. The van der Waals surface area contributed by atoms with Crippen LogP contribution in [-0.4, -0.2) is 17.7 Å². The van der Waals surface area contributed by atoms with Gasteiger partial charge in [-0.15, -0.1) is 0 Å². The molecule has 0 saturated carbocycles. The van der Waals surface area contributed by atoms with Crippen LogP contribution in [0.2, 0.25) is 5.02 Å². The van der Waals surface area contributed by atoms with E-state index in [0.29, 0.717) is 10.8 Å². The predicted octanol–water partition coefficient (Wildman–Crippen LogP) is 6.54. The second-order valence-corrected chi connectivity index (χ2v) is 8.90. The van der Waals surface area contributed by atoms with Crippen molar-refractivity contribution in [1.82, 2.24) is 0 Å². The first kappa shape index (κ1) is 24.7. The van der Waals surface area contributed by atoms with Gasteiger partial charge >= 0.3 is 5.97 Å². The second kappa shape index (κ2) is 10.5. The van der Waals surface area contributed by atoms with Crippen molar-refractivity contribution in [2.45, 2.75) is 57.3 Å². The van der Waals surface area contributed by atoms with Crippen LogP contribution in [0.1, 0.15) is 52.7 Å². The highest BCUT2D eigenvalue weighted by Crippen LogP contribution is 2.41. The Balaban J connectivity index is 0.00000190. The van der Waals surface area contributed by atoms with Crippen LogP contribution < -0.4 is 4.74 Å². The maximum Gasteiger partial charge on any atom is 0.350 e. The molecule has 0 heterocycles. The Bertz CT molecular complexity index is 772. The van der Waals surface area contributed by atoms with Gasteiger partial charge in [0, 0.05) is 5.02 Å². The van der Waals surface area contributed by atoms with E-state index >= 15 is 0 Å². The first-order chi connectivity index (χ1) is 13.0. The van der Waals surface area contributed by atoms with Crippen molar-refractivity contribution in [3.63, 3.8) is 0 Å². The molecule has 0 aliphatic heterocycles. The van der Waals surface area contributed by atoms with Crippen molar-refractivity contribution in [2.24, 2.45) is 0 Å². The summed E-state index contributed by atoms with van der Waals surface area (Å²) in [5.41, 5.74) is 0.644. The number of thiol groups is 2. The molecule has 2 aromatic carbocycles. The third kappa shape index (κ3) is 6.64. The van der Waals surface area contributed by atoms with Gasteiger partial charge in [0.15, 0.2) is 5.60 Å². The van der Waals surface area contributed by atoms with Crippen molar-refractivity contribution in [3.8, 4) is 5.75 Å². The molecular weight excluding hydrogens is 412 g/mol. The molecule has 3 nitrogen and oxygen atoms in total. The minimum atomic E-state index is -1.09. The van der Waals surface area contributed by atoms with Gasteiger partial charge in [0.2, 0.25) is 0 Å². The van der Waals surface area contributed by atoms with Crippen LogP contribution >= 0.6 is 36.9 Å². The zero-order valence-electron chi connectivity index (χ0n) is 17.2. The van der Waals surface area contributed by atoms with E-state index in [2.05, 4.69) is 0 Å². The molecule has 0 aliphatic carbocycles. The molecule has 0 aliphatic rings. The molecule has 0 N–H and O–H groups in total. The van der Waals surface area contributed by atoms with Crippen LogP contribution in [0.15, 0.2) is 48.5 Å². The summed E-state index contributed by atoms with van der Waals surface area (Å²) in [5.74, 6) is 0.149. The van der Waals surface area contributed by atoms with Crippen molar-refractivity contribution < 1.29 is 14.3 Å². The van der Waals surface area contributed by atoms with Crippen molar-refractivity contribution in [2.75, 3.05) is 0 Å². The van der Waals surface area contributed by atoms with Crippen LogP contribution in [0, 0.1) is 0 Å². The highest BCUT2D eigenvalue weighted by molar-refractivity contribution is 8.00. The number of carbonyl (C=O) groups is 1. The van der Waals surface area contributed by atoms with Crippen LogP contribution in [0.3, 0.4) is 0 Å². The van der Waals surface area contributed by atoms with Gasteiger partial charge in [0.1, 0.15) is 9.83 Å². The summed E-state index contributed by atoms with van der Waals surface area (Å²) in [5, 5.41) is 0.625. The Kier molecular flexibility index (Phi) is 9.25. The summed E-state index contributed by atoms with van der Waals surface area (Å²) in [6, 6.07) is 14.7. The number of halogens is 1. The molecule has 28 heavy (non-hydrogen) atoms. The average Bonchev–Trinajstić information content (AvgIpc) is 2.63. The number of benzene rings is 2. The Morgan fingerprint density at radius 2 is 1.57 bits per heavy atom. The third-order valence-electron chi connectivity index (χ3n) is 3.69. The largest absolute Gasteiger partial charge is 0.476 e. The predicted molar refractivity (Wildman–Crippen MR) is 124 cm³/mol. The van der Waals surface area contributed by atoms with Crippen LogP contribution in [-0.2, 0) is 13.6 Å². The summed E-state index contributed by atoms with van der Waals surface area (Å²) in [7, 11) is 0. The van der Waals surface area contributed by atoms with E-state index in [-0.39, 0.29) is 6.10 Å². The first-order valence-electron chi connectivity index (χ1n) is 9.24. The maximum absolute atomic E-state index is 12.1. The lowest BCUT2D eigenvalue weighted by atomic mass is 10.0. The molecule has 154 valence electrons. The number of rotatable bonds is 6. The molecule has 0 bridgehead atoms. The molecule has 2 rings (SSSR count). The number of hydrogen-bond acceptors (Lipinski definition) is 5. The van der Waals surface area contributed by atoms with Gasteiger partial charge in [-0.2, -0.15) is 25.3 Å². The minimum Gasteiger partial charge on any atom is -0.476 e. The Morgan fingerprint density at radius 3 is 2.07 bits per heavy atom. The van der Waals surface area contributed by atoms with E-state index < -0.39 is 15.6 Å². The molecule has 0 unspecified atom stereocenters. The van der Waals surface area contributed by atoms with Gasteiger partial charge in [-0.05, 0) is 63.1 Å². The van der Waals surface area contributed by atoms with Gasteiger partial charge < -0.3 is 9.47 Å². The molecular formula is C22H29ClO3S2. The minimum absolute atomic E-state index is 0.195. The smallest absolute Gasteiger partial charge is 0.350 e. The van der Waals surface area contributed by atoms with Gasteiger partial charge in [-0.25, -0.2) is 4.79 Å². The summed E-state index contributed by atoms with van der Waals surface area (Å²) in [6.45, 7) is 11.0. The normalized spacial score (nSPS) is 11.5. The highest BCUT2D eigenvalue weighted by Gasteiger charge is 2.33. The fourth-order valence-corrected chi connectivity index (χ4v) is 3.09. The van der Waals surface area contributed by atoms with Crippen molar-refractivity contribution >= 4 is 42.8 Å². The van der Waals surface area contributed by atoms with Crippen LogP contribution in [0.25, 0.3) is 0 Å². The molecule has 0 spiro atoms. The highest BCUT2D eigenvalue weighted by atomic mass is 35.5. The number of ether oxygens (including phenoxy) is 2. The van der Waals surface area contributed by atoms with E-state index in [4.69, 9.17) is 46.3 Å². The van der Waals surface area contributed by atoms with Gasteiger partial charge in [-0.1, -0.05) is 49.7 Å². The standard InChI is InChI=1S/C20H23ClO3S2.C2H6/c1-13(2)23-18(22)19(3,4)24-17-10-8-14(9-11-17)20(25,26)15-6-5-7-16(21)12-15;1-2/h5-13,25-26H,1-4H3;1-2H3. The third-order valence-corrected chi connectivity index (χ3v) is 4.96.